The first-order valence-electron chi connectivity index (χ1n) is 7.27. The molecule has 2 aromatic rings. The molecule has 2 N–H and O–H groups in total. The van der Waals surface area contributed by atoms with E-state index in [-0.39, 0.29) is 12.1 Å². The predicted octanol–water partition coefficient (Wildman–Crippen LogP) is 2.78. The molecule has 118 valence electrons. The average molecular weight is 318 g/mol. The minimum absolute atomic E-state index is 0.166. The van der Waals surface area contributed by atoms with Gasteiger partial charge in [0.2, 0.25) is 0 Å². The SMILES string of the molecule is Cc1csc(CNC(=O)NC[C@H](C)N(C)c2ccccc2)n1. The van der Waals surface area contributed by atoms with Gasteiger partial charge in [-0.05, 0) is 26.0 Å². The van der Waals surface area contributed by atoms with Crippen molar-refractivity contribution in [1.29, 1.82) is 0 Å². The molecule has 2 amide bonds. The quantitative estimate of drug-likeness (QED) is 0.861. The standard InChI is InChI=1S/C16H22N4OS/c1-12-11-22-15(19-12)10-18-16(21)17-9-13(2)20(3)14-7-5-4-6-8-14/h4-8,11,13H,9-10H2,1-3H3,(H2,17,18,21)/t13-/m0/s1. The molecule has 0 bridgehead atoms. The van der Waals surface area contributed by atoms with E-state index in [1.54, 1.807) is 11.3 Å². The topological polar surface area (TPSA) is 57.3 Å². The number of thiazole rings is 1. The molecule has 22 heavy (non-hydrogen) atoms. The molecule has 0 saturated heterocycles. The van der Waals surface area contributed by atoms with Crippen LogP contribution in [0.2, 0.25) is 0 Å². The van der Waals surface area contributed by atoms with Crippen molar-refractivity contribution in [2.45, 2.75) is 26.4 Å². The number of urea groups is 1. The lowest BCUT2D eigenvalue weighted by atomic mass is 10.2. The molecule has 0 aliphatic carbocycles. The number of nitrogens with one attached hydrogen (secondary N) is 2. The molecule has 5 nitrogen and oxygen atoms in total. The number of carbonyl (C=O) groups excluding carboxylic acids is 1. The first kappa shape index (κ1) is 16.3. The molecular weight excluding hydrogens is 296 g/mol. The van der Waals surface area contributed by atoms with Gasteiger partial charge in [-0.15, -0.1) is 11.3 Å². The van der Waals surface area contributed by atoms with Crippen molar-refractivity contribution in [3.05, 3.63) is 46.4 Å². The third-order valence-electron chi connectivity index (χ3n) is 3.45. The molecule has 0 fully saturated rings. The Hall–Kier alpha value is -2.08. The summed E-state index contributed by atoms with van der Waals surface area (Å²) in [5, 5.41) is 8.62. The molecule has 0 spiro atoms. The van der Waals surface area contributed by atoms with Gasteiger partial charge in [0.1, 0.15) is 5.01 Å². The van der Waals surface area contributed by atoms with E-state index >= 15 is 0 Å². The normalized spacial score (nSPS) is 11.8. The summed E-state index contributed by atoms with van der Waals surface area (Å²) in [6.07, 6.45) is 0. The number of hydrogen-bond donors (Lipinski definition) is 2. The Morgan fingerprint density at radius 1 is 1.32 bits per heavy atom. The van der Waals surface area contributed by atoms with Crippen molar-refractivity contribution in [2.24, 2.45) is 0 Å². The van der Waals surface area contributed by atoms with Gasteiger partial charge in [-0.3, -0.25) is 0 Å². The molecule has 0 aliphatic heterocycles. The van der Waals surface area contributed by atoms with Gasteiger partial charge in [-0.1, -0.05) is 18.2 Å². The van der Waals surface area contributed by atoms with E-state index in [0.29, 0.717) is 13.1 Å². The van der Waals surface area contributed by atoms with E-state index in [9.17, 15) is 4.79 Å². The Labute approximate surface area is 135 Å². The second-order valence-electron chi connectivity index (χ2n) is 5.24. The number of benzene rings is 1. The second kappa shape index (κ2) is 7.79. The maximum Gasteiger partial charge on any atom is 0.315 e. The van der Waals surface area contributed by atoms with Crippen LogP contribution in [0.3, 0.4) is 0 Å². The number of nitrogens with zero attached hydrogens (tertiary/aromatic N) is 2. The van der Waals surface area contributed by atoms with Crippen molar-refractivity contribution in [1.82, 2.24) is 15.6 Å². The van der Waals surface area contributed by atoms with Crippen molar-refractivity contribution >= 4 is 23.1 Å². The minimum Gasteiger partial charge on any atom is -0.370 e. The van der Waals surface area contributed by atoms with Gasteiger partial charge in [0, 0.05) is 36.4 Å². The summed E-state index contributed by atoms with van der Waals surface area (Å²) >= 11 is 1.56. The summed E-state index contributed by atoms with van der Waals surface area (Å²) in [7, 11) is 2.03. The van der Waals surface area contributed by atoms with Crippen LogP contribution in [-0.4, -0.2) is 30.6 Å². The summed E-state index contributed by atoms with van der Waals surface area (Å²) in [5.41, 5.74) is 2.12. The Bertz CT molecular complexity index is 599. The number of aryl methyl sites for hydroxylation is 1. The van der Waals surface area contributed by atoms with Gasteiger partial charge < -0.3 is 15.5 Å². The number of hydrogen-bond acceptors (Lipinski definition) is 4. The minimum atomic E-state index is -0.166. The zero-order valence-electron chi connectivity index (χ0n) is 13.2. The van der Waals surface area contributed by atoms with Crippen LogP contribution in [-0.2, 0) is 6.54 Å². The van der Waals surface area contributed by atoms with Crippen molar-refractivity contribution in [3.8, 4) is 0 Å². The molecule has 0 aliphatic rings. The summed E-state index contributed by atoms with van der Waals surface area (Å²) in [6.45, 7) is 5.07. The molecule has 0 saturated carbocycles. The van der Waals surface area contributed by atoms with Gasteiger partial charge in [0.15, 0.2) is 0 Å². The first-order chi connectivity index (χ1) is 10.6. The first-order valence-corrected chi connectivity index (χ1v) is 8.15. The highest BCUT2D eigenvalue weighted by Gasteiger charge is 2.11. The maximum atomic E-state index is 11.8. The van der Waals surface area contributed by atoms with Crippen LogP contribution in [0, 0.1) is 6.92 Å². The highest BCUT2D eigenvalue weighted by atomic mass is 32.1. The molecule has 0 unspecified atom stereocenters. The zero-order valence-corrected chi connectivity index (χ0v) is 14.0. The smallest absolute Gasteiger partial charge is 0.315 e. The summed E-state index contributed by atoms with van der Waals surface area (Å²) in [4.78, 5) is 18.3. The number of carbonyl (C=O) groups is 1. The van der Waals surface area contributed by atoms with Gasteiger partial charge in [-0.25, -0.2) is 9.78 Å². The Kier molecular flexibility index (Phi) is 5.77. The van der Waals surface area contributed by atoms with Crippen LogP contribution >= 0.6 is 11.3 Å². The fourth-order valence-electron chi connectivity index (χ4n) is 2.00. The Morgan fingerprint density at radius 2 is 2.05 bits per heavy atom. The highest BCUT2D eigenvalue weighted by molar-refractivity contribution is 7.09. The maximum absolute atomic E-state index is 11.8. The summed E-state index contributed by atoms with van der Waals surface area (Å²) in [5.74, 6) is 0. The number of anilines is 1. The number of aromatic nitrogens is 1. The monoisotopic (exact) mass is 318 g/mol. The van der Waals surface area contributed by atoms with E-state index in [1.165, 1.54) is 0 Å². The van der Waals surface area contributed by atoms with Crippen LogP contribution in [0.1, 0.15) is 17.6 Å². The van der Waals surface area contributed by atoms with Crippen LogP contribution in [0.25, 0.3) is 0 Å². The van der Waals surface area contributed by atoms with Crippen molar-refractivity contribution < 1.29 is 4.79 Å². The van der Waals surface area contributed by atoms with Crippen LogP contribution in [0.5, 0.6) is 0 Å². The fraction of sp³-hybridized carbons (Fsp3) is 0.375. The molecule has 1 heterocycles. The van der Waals surface area contributed by atoms with Crippen LogP contribution in [0.15, 0.2) is 35.7 Å². The number of likely N-dealkylation sites (N-methyl/N-ethyl adjacent to an activating group) is 1. The molecular formula is C16H22N4OS. The zero-order chi connectivity index (χ0) is 15.9. The lowest BCUT2D eigenvalue weighted by Crippen LogP contribution is -2.43. The predicted molar refractivity (Wildman–Crippen MR) is 91.4 cm³/mol. The third kappa shape index (κ3) is 4.73. The fourth-order valence-corrected chi connectivity index (χ4v) is 2.71. The average Bonchev–Trinajstić information content (AvgIpc) is 2.96. The lowest BCUT2D eigenvalue weighted by Gasteiger charge is -2.27. The molecule has 1 aromatic heterocycles. The second-order valence-corrected chi connectivity index (χ2v) is 6.18. The molecule has 1 atom stereocenters. The van der Waals surface area contributed by atoms with Crippen molar-refractivity contribution in [2.75, 3.05) is 18.5 Å². The van der Waals surface area contributed by atoms with Gasteiger partial charge in [0.25, 0.3) is 0 Å². The number of amides is 2. The van der Waals surface area contributed by atoms with Crippen LogP contribution in [0.4, 0.5) is 10.5 Å². The van der Waals surface area contributed by atoms with Crippen molar-refractivity contribution in [3.63, 3.8) is 0 Å². The van der Waals surface area contributed by atoms with Gasteiger partial charge >= 0.3 is 6.03 Å². The molecule has 6 heteroatoms. The molecule has 1 aromatic carbocycles. The lowest BCUT2D eigenvalue weighted by molar-refractivity contribution is 0.240. The van der Waals surface area contributed by atoms with Crippen LogP contribution < -0.4 is 15.5 Å². The van der Waals surface area contributed by atoms with E-state index in [1.807, 2.05) is 37.6 Å². The summed E-state index contributed by atoms with van der Waals surface area (Å²) in [6, 6.07) is 10.2. The number of para-hydroxylation sites is 1. The molecule has 2 rings (SSSR count). The van der Waals surface area contributed by atoms with Gasteiger partial charge in [0.05, 0.1) is 6.54 Å². The largest absolute Gasteiger partial charge is 0.370 e. The van der Waals surface area contributed by atoms with Gasteiger partial charge in [-0.2, -0.15) is 0 Å². The molecule has 0 radical (unpaired) electrons. The number of rotatable bonds is 6. The Balaban J connectivity index is 1.73. The van der Waals surface area contributed by atoms with E-state index < -0.39 is 0 Å². The van der Waals surface area contributed by atoms with E-state index in [0.717, 1.165) is 16.4 Å². The Morgan fingerprint density at radius 3 is 2.68 bits per heavy atom. The van der Waals surface area contributed by atoms with E-state index in [2.05, 4.69) is 39.6 Å². The summed E-state index contributed by atoms with van der Waals surface area (Å²) < 4.78 is 0. The van der Waals surface area contributed by atoms with E-state index in [4.69, 9.17) is 0 Å². The highest BCUT2D eigenvalue weighted by Crippen LogP contribution is 2.13. The third-order valence-corrected chi connectivity index (χ3v) is 4.42.